The second-order valence-corrected chi connectivity index (χ2v) is 8.70. The molecule has 168 valence electrons. The largest absolute Gasteiger partial charge is 0.495 e. The van der Waals surface area contributed by atoms with Crippen molar-refractivity contribution in [1.82, 2.24) is 5.32 Å². The maximum atomic E-state index is 12.8. The number of ether oxygens (including phenoxy) is 1. The van der Waals surface area contributed by atoms with Gasteiger partial charge in [0.25, 0.3) is 5.91 Å². The Morgan fingerprint density at radius 3 is 2.44 bits per heavy atom. The van der Waals surface area contributed by atoms with Crippen molar-refractivity contribution >= 4 is 33.2 Å². The normalized spacial score (nSPS) is 10.9. The summed E-state index contributed by atoms with van der Waals surface area (Å²) in [4.78, 5) is 25.4. The molecule has 3 aromatic rings. The fourth-order valence-electron chi connectivity index (χ4n) is 3.00. The number of sulfonamides is 1. The Morgan fingerprint density at radius 2 is 1.75 bits per heavy atom. The molecule has 32 heavy (non-hydrogen) atoms. The summed E-state index contributed by atoms with van der Waals surface area (Å²) in [6.45, 7) is -0.314. The number of nitrogens with zero attached hydrogens (tertiary/aromatic N) is 1. The summed E-state index contributed by atoms with van der Waals surface area (Å²) in [5, 5.41) is 5.34. The van der Waals surface area contributed by atoms with Crippen molar-refractivity contribution in [3.63, 3.8) is 0 Å². The van der Waals surface area contributed by atoms with Gasteiger partial charge in [-0.15, -0.1) is 0 Å². The molecule has 2 aromatic carbocycles. The number of benzene rings is 2. The molecule has 9 nitrogen and oxygen atoms in total. The number of carbonyl (C=O) groups excluding carboxylic acids is 2. The molecule has 0 bridgehead atoms. The van der Waals surface area contributed by atoms with Gasteiger partial charge in [0.2, 0.25) is 15.9 Å². The number of methoxy groups -OCH3 is 1. The zero-order chi connectivity index (χ0) is 23.1. The highest BCUT2D eigenvalue weighted by Gasteiger charge is 2.24. The number of hydrogen-bond acceptors (Lipinski definition) is 6. The highest BCUT2D eigenvalue weighted by molar-refractivity contribution is 7.92. The van der Waals surface area contributed by atoms with Crippen LogP contribution in [0.3, 0.4) is 0 Å². The molecule has 0 spiro atoms. The number of nitrogens with one attached hydrogen (secondary N) is 2. The van der Waals surface area contributed by atoms with Crippen LogP contribution < -0.4 is 19.7 Å². The van der Waals surface area contributed by atoms with Crippen molar-refractivity contribution < 1.29 is 27.2 Å². The van der Waals surface area contributed by atoms with E-state index in [1.165, 1.54) is 13.4 Å². The number of rotatable bonds is 9. The molecule has 1 aromatic heterocycles. The van der Waals surface area contributed by atoms with Gasteiger partial charge in [-0.25, -0.2) is 8.42 Å². The van der Waals surface area contributed by atoms with Crippen molar-refractivity contribution in [3.05, 3.63) is 78.3 Å². The third-order valence-electron chi connectivity index (χ3n) is 4.49. The van der Waals surface area contributed by atoms with Crippen LogP contribution in [-0.4, -0.2) is 40.1 Å². The van der Waals surface area contributed by atoms with Crippen LogP contribution in [0.25, 0.3) is 0 Å². The van der Waals surface area contributed by atoms with Gasteiger partial charge in [0.15, 0.2) is 0 Å². The number of anilines is 2. The number of amides is 2. The topological polar surface area (TPSA) is 118 Å². The Hall–Kier alpha value is -3.79. The molecule has 2 amide bonds. The van der Waals surface area contributed by atoms with E-state index in [0.29, 0.717) is 11.5 Å². The molecule has 0 radical (unpaired) electrons. The van der Waals surface area contributed by atoms with E-state index >= 15 is 0 Å². The molecule has 0 aliphatic heterocycles. The Kier molecular flexibility index (Phi) is 7.16. The van der Waals surface area contributed by atoms with Crippen molar-refractivity contribution in [2.45, 2.75) is 6.54 Å². The molecule has 0 unspecified atom stereocenters. The van der Waals surface area contributed by atoms with Crippen molar-refractivity contribution in [3.8, 4) is 5.75 Å². The van der Waals surface area contributed by atoms with Crippen molar-refractivity contribution in [1.29, 1.82) is 0 Å². The van der Waals surface area contributed by atoms with Gasteiger partial charge in [0, 0.05) is 0 Å². The average molecular weight is 458 g/mol. The van der Waals surface area contributed by atoms with Crippen LogP contribution in [-0.2, 0) is 21.4 Å². The summed E-state index contributed by atoms with van der Waals surface area (Å²) in [7, 11) is -2.38. The first-order valence-corrected chi connectivity index (χ1v) is 11.4. The van der Waals surface area contributed by atoms with E-state index in [4.69, 9.17) is 9.15 Å². The van der Waals surface area contributed by atoms with E-state index in [0.717, 1.165) is 10.6 Å². The van der Waals surface area contributed by atoms with Crippen LogP contribution in [0.5, 0.6) is 5.75 Å². The summed E-state index contributed by atoms with van der Waals surface area (Å²) in [5.74, 6) is -0.140. The summed E-state index contributed by atoms with van der Waals surface area (Å²) >= 11 is 0. The van der Waals surface area contributed by atoms with Crippen LogP contribution in [0.4, 0.5) is 11.4 Å². The fraction of sp³-hybridized carbons (Fsp3) is 0.182. The average Bonchev–Trinajstić information content (AvgIpc) is 3.29. The van der Waals surface area contributed by atoms with Crippen LogP contribution in [0, 0.1) is 0 Å². The third-order valence-corrected chi connectivity index (χ3v) is 5.62. The summed E-state index contributed by atoms with van der Waals surface area (Å²) in [6, 6.07) is 16.4. The van der Waals surface area contributed by atoms with E-state index < -0.39 is 28.4 Å². The molecule has 0 aliphatic rings. The van der Waals surface area contributed by atoms with Gasteiger partial charge in [-0.2, -0.15) is 0 Å². The van der Waals surface area contributed by atoms with Crippen molar-refractivity contribution in [2.75, 3.05) is 29.5 Å². The van der Waals surface area contributed by atoms with E-state index in [2.05, 4.69) is 10.6 Å². The molecule has 0 fully saturated rings. The molecule has 0 aliphatic carbocycles. The third kappa shape index (κ3) is 5.67. The Balaban J connectivity index is 1.77. The lowest BCUT2D eigenvalue weighted by Gasteiger charge is -2.23. The first-order valence-electron chi connectivity index (χ1n) is 9.60. The van der Waals surface area contributed by atoms with E-state index in [9.17, 15) is 18.0 Å². The zero-order valence-corrected chi connectivity index (χ0v) is 18.4. The minimum atomic E-state index is -3.80. The van der Waals surface area contributed by atoms with E-state index in [1.807, 2.05) is 0 Å². The Morgan fingerprint density at radius 1 is 1.03 bits per heavy atom. The summed E-state index contributed by atoms with van der Waals surface area (Å²) in [5.41, 5.74) is 0.718. The van der Waals surface area contributed by atoms with Crippen LogP contribution in [0.2, 0.25) is 0 Å². The van der Waals surface area contributed by atoms with Gasteiger partial charge in [-0.1, -0.05) is 24.3 Å². The molecule has 10 heteroatoms. The van der Waals surface area contributed by atoms with Crippen molar-refractivity contribution in [2.24, 2.45) is 0 Å². The maximum absolute atomic E-state index is 12.8. The first kappa shape index (κ1) is 22.9. The number of carbonyl (C=O) groups is 2. The van der Waals surface area contributed by atoms with Gasteiger partial charge >= 0.3 is 0 Å². The quantitative estimate of drug-likeness (QED) is 0.510. The molecule has 3 rings (SSSR count). The maximum Gasteiger partial charge on any atom is 0.253 e. The van der Waals surface area contributed by atoms with Gasteiger partial charge in [-0.05, 0) is 36.4 Å². The lowest BCUT2D eigenvalue weighted by Crippen LogP contribution is -2.38. The molecular weight excluding hydrogens is 434 g/mol. The van der Waals surface area contributed by atoms with Gasteiger partial charge in [0.05, 0.1) is 43.1 Å². The standard InChI is InChI=1S/C22H23N3O6S/c1-30-20-12-6-5-11-19(20)25(32(2,28)29)15-21(26)24-18-10-4-3-9-17(18)22(27)23-14-16-8-7-13-31-16/h3-13H,14-15H2,1-2H3,(H,23,27)(H,24,26). The predicted octanol–water partition coefficient (Wildman–Crippen LogP) is 2.62. The fourth-order valence-corrected chi connectivity index (χ4v) is 3.86. The number of para-hydroxylation sites is 3. The molecule has 0 saturated carbocycles. The number of hydrogen-bond donors (Lipinski definition) is 2. The second kappa shape index (κ2) is 10.0. The molecular formula is C22H23N3O6S. The predicted molar refractivity (Wildman–Crippen MR) is 120 cm³/mol. The van der Waals surface area contributed by atoms with Crippen LogP contribution in [0.1, 0.15) is 16.1 Å². The number of furan rings is 1. The Bertz CT molecular complexity index is 1190. The summed E-state index contributed by atoms with van der Waals surface area (Å²) in [6.07, 6.45) is 2.51. The highest BCUT2D eigenvalue weighted by Crippen LogP contribution is 2.29. The smallest absolute Gasteiger partial charge is 0.253 e. The molecule has 0 saturated heterocycles. The second-order valence-electron chi connectivity index (χ2n) is 6.80. The van der Waals surface area contributed by atoms with Gasteiger partial charge < -0.3 is 19.8 Å². The van der Waals surface area contributed by atoms with Gasteiger partial charge in [0.1, 0.15) is 18.1 Å². The molecule has 0 atom stereocenters. The minimum absolute atomic E-state index is 0.184. The monoisotopic (exact) mass is 457 g/mol. The molecule has 1 heterocycles. The van der Waals surface area contributed by atoms with Crippen LogP contribution >= 0.6 is 0 Å². The SMILES string of the molecule is COc1ccccc1N(CC(=O)Nc1ccccc1C(=O)NCc1ccco1)S(C)(=O)=O. The Labute approximate surface area is 186 Å². The van der Waals surface area contributed by atoms with Gasteiger partial charge in [-0.3, -0.25) is 13.9 Å². The van der Waals surface area contributed by atoms with E-state index in [-0.39, 0.29) is 23.5 Å². The lowest BCUT2D eigenvalue weighted by atomic mass is 10.1. The van der Waals surface area contributed by atoms with E-state index in [1.54, 1.807) is 60.7 Å². The minimum Gasteiger partial charge on any atom is -0.495 e. The lowest BCUT2D eigenvalue weighted by molar-refractivity contribution is -0.114. The zero-order valence-electron chi connectivity index (χ0n) is 17.6. The van der Waals surface area contributed by atoms with Crippen LogP contribution in [0.15, 0.2) is 71.3 Å². The highest BCUT2D eigenvalue weighted by atomic mass is 32.2. The molecule has 2 N–H and O–H groups in total. The first-order chi connectivity index (χ1) is 15.3. The summed E-state index contributed by atoms with van der Waals surface area (Å²) < 4.78 is 36.1.